The zero-order valence-corrected chi connectivity index (χ0v) is 8.35. The number of hydrogen-bond acceptors (Lipinski definition) is 1. The van der Waals surface area contributed by atoms with Gasteiger partial charge in [0, 0.05) is 16.5 Å². The summed E-state index contributed by atoms with van der Waals surface area (Å²) in [5, 5.41) is 1.19. The van der Waals surface area contributed by atoms with E-state index in [1.54, 1.807) is 24.3 Å². The molecule has 0 bridgehead atoms. The third kappa shape index (κ3) is 3.62. The lowest BCUT2D eigenvalue weighted by molar-refractivity contribution is -0.107. The molecule has 0 amide bonds. The van der Waals surface area contributed by atoms with Crippen LogP contribution in [0, 0.1) is 0 Å². The van der Waals surface area contributed by atoms with E-state index < -0.39 is 0 Å². The van der Waals surface area contributed by atoms with E-state index in [0.29, 0.717) is 16.5 Å². The molecule has 0 aliphatic carbocycles. The maximum absolute atomic E-state index is 10.0. The quantitative estimate of drug-likeness (QED) is 0.704. The minimum absolute atomic E-state index is 0.407. The van der Waals surface area contributed by atoms with Crippen LogP contribution in [-0.2, 0) is 4.79 Å². The summed E-state index contributed by atoms with van der Waals surface area (Å²) in [6, 6.07) is 5.24. The van der Waals surface area contributed by atoms with Gasteiger partial charge in [-0.05, 0) is 23.8 Å². The van der Waals surface area contributed by atoms with Crippen molar-refractivity contribution in [2.75, 3.05) is 0 Å². The molecule has 0 fully saturated rings. The third-order valence-corrected chi connectivity index (χ3v) is 1.86. The number of carbonyl (C=O) groups is 1. The first-order chi connectivity index (χ1) is 6.22. The van der Waals surface area contributed by atoms with Gasteiger partial charge in [0.05, 0.1) is 0 Å². The van der Waals surface area contributed by atoms with Crippen molar-refractivity contribution in [1.82, 2.24) is 0 Å². The normalized spacial score (nSPS) is 10.6. The van der Waals surface area contributed by atoms with Crippen LogP contribution in [0.1, 0.15) is 12.0 Å². The monoisotopic (exact) mass is 214 g/mol. The highest BCUT2D eigenvalue weighted by molar-refractivity contribution is 6.34. The molecule has 0 spiro atoms. The Kier molecular flexibility index (Phi) is 4.00. The molecule has 1 aromatic carbocycles. The first-order valence-corrected chi connectivity index (χ1v) is 4.54. The Bertz CT molecular complexity index is 311. The SMILES string of the molecule is O=CC/C=C/c1cc(Cl)cc(Cl)c1. The Morgan fingerprint density at radius 1 is 1.15 bits per heavy atom. The second-order valence-electron chi connectivity index (χ2n) is 2.51. The highest BCUT2D eigenvalue weighted by Gasteiger charge is 1.93. The predicted molar refractivity (Wildman–Crippen MR) is 56.2 cm³/mol. The number of rotatable bonds is 3. The van der Waals surface area contributed by atoms with Crippen molar-refractivity contribution in [2.45, 2.75) is 6.42 Å². The van der Waals surface area contributed by atoms with E-state index in [2.05, 4.69) is 0 Å². The van der Waals surface area contributed by atoms with Crippen molar-refractivity contribution < 1.29 is 4.79 Å². The molecule has 0 aromatic heterocycles. The van der Waals surface area contributed by atoms with Crippen LogP contribution >= 0.6 is 23.2 Å². The van der Waals surface area contributed by atoms with Crippen LogP contribution in [-0.4, -0.2) is 6.29 Å². The van der Waals surface area contributed by atoms with Crippen LogP contribution in [0.15, 0.2) is 24.3 Å². The molecule has 0 unspecified atom stereocenters. The topological polar surface area (TPSA) is 17.1 Å². The molecule has 0 atom stereocenters. The van der Waals surface area contributed by atoms with Crippen molar-refractivity contribution >= 4 is 35.6 Å². The van der Waals surface area contributed by atoms with Crippen LogP contribution in [0.3, 0.4) is 0 Å². The highest BCUT2D eigenvalue weighted by atomic mass is 35.5. The summed E-state index contributed by atoms with van der Waals surface area (Å²) in [5.41, 5.74) is 0.902. The number of allylic oxidation sites excluding steroid dienone is 1. The average Bonchev–Trinajstić information content (AvgIpc) is 2.03. The van der Waals surface area contributed by atoms with E-state index in [1.165, 1.54) is 0 Å². The van der Waals surface area contributed by atoms with Gasteiger partial charge in [0.15, 0.2) is 0 Å². The van der Waals surface area contributed by atoms with Gasteiger partial charge in [-0.2, -0.15) is 0 Å². The summed E-state index contributed by atoms with van der Waals surface area (Å²) in [7, 11) is 0. The van der Waals surface area contributed by atoms with E-state index in [-0.39, 0.29) is 0 Å². The number of carbonyl (C=O) groups excluding carboxylic acids is 1. The smallest absolute Gasteiger partial charge is 0.123 e. The Hall–Kier alpha value is -0.790. The summed E-state index contributed by atoms with van der Waals surface area (Å²) in [6.45, 7) is 0. The molecule has 0 N–H and O–H groups in total. The van der Waals surface area contributed by atoms with Gasteiger partial charge in [0.25, 0.3) is 0 Å². The standard InChI is InChI=1S/C10H8Cl2O/c11-9-5-8(3-1-2-4-13)6-10(12)7-9/h1,3-7H,2H2/b3-1+. The number of halogens is 2. The van der Waals surface area contributed by atoms with Crippen LogP contribution in [0.5, 0.6) is 0 Å². The van der Waals surface area contributed by atoms with Gasteiger partial charge < -0.3 is 4.79 Å². The van der Waals surface area contributed by atoms with Gasteiger partial charge in [0.1, 0.15) is 6.29 Å². The molecule has 1 aromatic rings. The molecule has 1 rings (SSSR count). The molecular formula is C10H8Cl2O. The summed E-state index contributed by atoms with van der Waals surface area (Å²) in [6.07, 6.45) is 4.81. The van der Waals surface area contributed by atoms with E-state index in [9.17, 15) is 4.79 Å². The van der Waals surface area contributed by atoms with Crippen molar-refractivity contribution in [2.24, 2.45) is 0 Å². The third-order valence-electron chi connectivity index (χ3n) is 1.43. The molecule has 0 heterocycles. The molecule has 0 radical (unpaired) electrons. The minimum atomic E-state index is 0.407. The van der Waals surface area contributed by atoms with Gasteiger partial charge in [-0.15, -0.1) is 0 Å². The second kappa shape index (κ2) is 5.05. The molecule has 1 nitrogen and oxygen atoms in total. The molecule has 0 saturated carbocycles. The minimum Gasteiger partial charge on any atom is -0.303 e. The second-order valence-corrected chi connectivity index (χ2v) is 3.38. The lowest BCUT2D eigenvalue weighted by Crippen LogP contribution is -1.74. The maximum atomic E-state index is 10.0. The first-order valence-electron chi connectivity index (χ1n) is 3.78. The summed E-state index contributed by atoms with van der Waals surface area (Å²) in [4.78, 5) is 10.0. The van der Waals surface area contributed by atoms with Crippen molar-refractivity contribution in [3.8, 4) is 0 Å². The van der Waals surface area contributed by atoms with E-state index in [0.717, 1.165) is 11.8 Å². The van der Waals surface area contributed by atoms with E-state index >= 15 is 0 Å². The van der Waals surface area contributed by atoms with Crippen molar-refractivity contribution in [3.05, 3.63) is 39.9 Å². The van der Waals surface area contributed by atoms with E-state index in [4.69, 9.17) is 23.2 Å². The molecule has 68 valence electrons. The fourth-order valence-electron chi connectivity index (χ4n) is 0.931. The van der Waals surface area contributed by atoms with Gasteiger partial charge >= 0.3 is 0 Å². The summed E-state index contributed by atoms with van der Waals surface area (Å²) < 4.78 is 0. The fraction of sp³-hybridized carbons (Fsp3) is 0.100. The van der Waals surface area contributed by atoms with Crippen LogP contribution < -0.4 is 0 Å². The van der Waals surface area contributed by atoms with Crippen LogP contribution in [0.2, 0.25) is 10.0 Å². The lowest BCUT2D eigenvalue weighted by Gasteiger charge is -1.96. The van der Waals surface area contributed by atoms with Gasteiger partial charge in [-0.3, -0.25) is 0 Å². The van der Waals surface area contributed by atoms with Crippen LogP contribution in [0.25, 0.3) is 6.08 Å². The van der Waals surface area contributed by atoms with Crippen molar-refractivity contribution in [3.63, 3.8) is 0 Å². The number of hydrogen-bond donors (Lipinski definition) is 0. The Morgan fingerprint density at radius 2 is 1.77 bits per heavy atom. The lowest BCUT2D eigenvalue weighted by atomic mass is 10.2. The maximum Gasteiger partial charge on any atom is 0.123 e. The Morgan fingerprint density at radius 3 is 2.31 bits per heavy atom. The summed E-state index contributed by atoms with van der Waals surface area (Å²) in [5.74, 6) is 0. The highest BCUT2D eigenvalue weighted by Crippen LogP contribution is 2.19. The number of aldehydes is 1. The zero-order chi connectivity index (χ0) is 9.68. The Labute approximate surface area is 87.0 Å². The van der Waals surface area contributed by atoms with Crippen molar-refractivity contribution in [1.29, 1.82) is 0 Å². The molecule has 13 heavy (non-hydrogen) atoms. The summed E-state index contributed by atoms with van der Waals surface area (Å²) >= 11 is 11.6. The molecular weight excluding hydrogens is 207 g/mol. The van der Waals surface area contributed by atoms with Gasteiger partial charge in [0.2, 0.25) is 0 Å². The van der Waals surface area contributed by atoms with E-state index in [1.807, 2.05) is 6.08 Å². The predicted octanol–water partition coefficient (Wildman–Crippen LogP) is 3.60. The molecule has 0 aliphatic heterocycles. The molecule has 0 aliphatic rings. The van der Waals surface area contributed by atoms with Crippen LogP contribution in [0.4, 0.5) is 0 Å². The number of benzene rings is 1. The van der Waals surface area contributed by atoms with Gasteiger partial charge in [-0.25, -0.2) is 0 Å². The largest absolute Gasteiger partial charge is 0.303 e. The fourth-order valence-corrected chi connectivity index (χ4v) is 1.47. The average molecular weight is 215 g/mol. The van der Waals surface area contributed by atoms with Gasteiger partial charge in [-0.1, -0.05) is 35.4 Å². The molecule has 0 saturated heterocycles. The molecule has 3 heteroatoms. The Balaban J connectivity index is 2.82. The zero-order valence-electron chi connectivity index (χ0n) is 6.84. The first kappa shape index (κ1) is 10.3.